The normalized spacial score (nSPS) is 14.1. The molecule has 2 aromatic rings. The molecule has 7 heteroatoms. The van der Waals surface area contributed by atoms with E-state index in [2.05, 4.69) is 16.7 Å². The van der Waals surface area contributed by atoms with Crippen molar-refractivity contribution in [1.29, 1.82) is 5.26 Å². The largest absolute Gasteiger partial charge is 0.331 e. The molecule has 0 saturated heterocycles. The van der Waals surface area contributed by atoms with Crippen molar-refractivity contribution in [3.63, 3.8) is 0 Å². The van der Waals surface area contributed by atoms with Gasteiger partial charge in [0, 0.05) is 24.8 Å². The van der Waals surface area contributed by atoms with E-state index < -0.39 is 0 Å². The Bertz CT molecular complexity index is 971. The van der Waals surface area contributed by atoms with Gasteiger partial charge in [-0.25, -0.2) is 9.50 Å². The van der Waals surface area contributed by atoms with E-state index in [1.807, 2.05) is 26.0 Å². The molecule has 0 aliphatic carbocycles. The number of nitrogens with one attached hydrogen (secondary N) is 1. The number of rotatable bonds is 3. The third kappa shape index (κ3) is 2.33. The van der Waals surface area contributed by atoms with Gasteiger partial charge < -0.3 is 4.90 Å². The fraction of sp³-hybridized carbons (Fsp3) is 0.294. The standard InChI is InChI=1S/C17H17N5O2/c1-4-13(23)21-6-5-11(9-21)15-14(10(2)3)17(24)22-16(20-15)12(7-18)8-19-22/h4-5,8,10,19H,1,6,9H2,2-3H3. The van der Waals surface area contributed by atoms with Gasteiger partial charge in [-0.15, -0.1) is 0 Å². The average Bonchev–Trinajstić information content (AvgIpc) is 3.20. The second-order valence-corrected chi connectivity index (χ2v) is 5.94. The van der Waals surface area contributed by atoms with Crippen molar-refractivity contribution in [3.05, 3.63) is 52.1 Å². The fourth-order valence-electron chi connectivity index (χ4n) is 2.90. The van der Waals surface area contributed by atoms with Crippen LogP contribution in [-0.2, 0) is 4.79 Å². The zero-order valence-corrected chi connectivity index (χ0v) is 13.5. The first-order valence-corrected chi connectivity index (χ1v) is 7.62. The smallest absolute Gasteiger partial charge is 0.276 e. The minimum absolute atomic E-state index is 0.0456. The van der Waals surface area contributed by atoms with Gasteiger partial charge in [0.25, 0.3) is 5.56 Å². The lowest BCUT2D eigenvalue weighted by Crippen LogP contribution is -2.28. The second kappa shape index (κ2) is 5.81. The number of fused-ring (bicyclic) bond motifs is 1. The van der Waals surface area contributed by atoms with Crippen molar-refractivity contribution in [2.45, 2.75) is 19.8 Å². The maximum Gasteiger partial charge on any atom is 0.276 e. The van der Waals surface area contributed by atoms with Gasteiger partial charge in [-0.05, 0) is 17.6 Å². The lowest BCUT2D eigenvalue weighted by atomic mass is 9.98. The molecule has 0 bridgehead atoms. The molecule has 0 unspecified atom stereocenters. The number of carbonyl (C=O) groups excluding carboxylic acids is 1. The predicted octanol–water partition coefficient (Wildman–Crippen LogP) is 1.43. The Morgan fingerprint density at radius 1 is 1.54 bits per heavy atom. The summed E-state index contributed by atoms with van der Waals surface area (Å²) in [5.41, 5.74) is 2.33. The van der Waals surface area contributed by atoms with Crippen LogP contribution in [-0.4, -0.2) is 38.5 Å². The molecular formula is C17H17N5O2. The molecule has 1 aliphatic heterocycles. The molecule has 0 radical (unpaired) electrons. The van der Waals surface area contributed by atoms with Crippen molar-refractivity contribution in [1.82, 2.24) is 19.5 Å². The summed E-state index contributed by atoms with van der Waals surface area (Å²) >= 11 is 0. The summed E-state index contributed by atoms with van der Waals surface area (Å²) in [5.74, 6) is -0.208. The number of nitriles is 1. The summed E-state index contributed by atoms with van der Waals surface area (Å²) in [6, 6.07) is 2.03. The van der Waals surface area contributed by atoms with E-state index in [1.54, 1.807) is 4.90 Å². The Kier molecular flexibility index (Phi) is 3.81. The van der Waals surface area contributed by atoms with Crippen LogP contribution >= 0.6 is 0 Å². The van der Waals surface area contributed by atoms with E-state index in [1.165, 1.54) is 16.8 Å². The monoisotopic (exact) mass is 323 g/mol. The summed E-state index contributed by atoms with van der Waals surface area (Å²) in [4.78, 5) is 30.8. The van der Waals surface area contributed by atoms with E-state index in [0.717, 1.165) is 5.57 Å². The summed E-state index contributed by atoms with van der Waals surface area (Å²) < 4.78 is 1.29. The number of hydrogen-bond acceptors (Lipinski definition) is 4. The van der Waals surface area contributed by atoms with Crippen LogP contribution in [0.3, 0.4) is 0 Å². The molecule has 0 fully saturated rings. The first-order valence-electron chi connectivity index (χ1n) is 7.62. The van der Waals surface area contributed by atoms with Gasteiger partial charge in [-0.1, -0.05) is 26.5 Å². The minimum Gasteiger partial charge on any atom is -0.331 e. The summed E-state index contributed by atoms with van der Waals surface area (Å²) in [6.07, 6.45) is 4.63. The van der Waals surface area contributed by atoms with Gasteiger partial charge in [-0.3, -0.25) is 14.7 Å². The molecular weight excluding hydrogens is 306 g/mol. The Hall–Kier alpha value is -3.14. The van der Waals surface area contributed by atoms with Crippen LogP contribution in [0.1, 0.15) is 36.6 Å². The molecule has 1 amide bonds. The van der Waals surface area contributed by atoms with E-state index in [9.17, 15) is 14.9 Å². The van der Waals surface area contributed by atoms with Gasteiger partial charge in [0.05, 0.1) is 5.69 Å². The molecule has 7 nitrogen and oxygen atoms in total. The van der Waals surface area contributed by atoms with Gasteiger partial charge in [0.15, 0.2) is 5.65 Å². The van der Waals surface area contributed by atoms with Gasteiger partial charge in [-0.2, -0.15) is 5.26 Å². The molecule has 24 heavy (non-hydrogen) atoms. The van der Waals surface area contributed by atoms with Crippen LogP contribution in [0.15, 0.2) is 29.7 Å². The number of aromatic amines is 1. The number of H-pyrrole nitrogens is 1. The number of carbonyl (C=O) groups is 1. The van der Waals surface area contributed by atoms with E-state index >= 15 is 0 Å². The van der Waals surface area contributed by atoms with Crippen molar-refractivity contribution in [2.75, 3.05) is 13.1 Å². The maximum absolute atomic E-state index is 12.8. The third-order valence-corrected chi connectivity index (χ3v) is 4.10. The summed E-state index contributed by atoms with van der Waals surface area (Å²) in [5, 5.41) is 12.0. The molecule has 2 aromatic heterocycles. The second-order valence-electron chi connectivity index (χ2n) is 5.94. The predicted molar refractivity (Wildman–Crippen MR) is 89.4 cm³/mol. The molecule has 0 saturated carbocycles. The summed E-state index contributed by atoms with van der Waals surface area (Å²) in [7, 11) is 0. The van der Waals surface area contributed by atoms with E-state index in [4.69, 9.17) is 0 Å². The lowest BCUT2D eigenvalue weighted by molar-refractivity contribution is -0.124. The number of hydrogen-bond donors (Lipinski definition) is 1. The minimum atomic E-state index is -0.221. The van der Waals surface area contributed by atoms with Crippen LogP contribution in [0.4, 0.5) is 0 Å². The molecule has 1 N–H and O–H groups in total. The number of nitrogens with zero attached hydrogens (tertiary/aromatic N) is 4. The Balaban J connectivity index is 2.19. The zero-order valence-electron chi connectivity index (χ0n) is 13.5. The van der Waals surface area contributed by atoms with Crippen LogP contribution in [0, 0.1) is 11.3 Å². The van der Waals surface area contributed by atoms with Crippen molar-refractivity contribution in [3.8, 4) is 6.07 Å². The number of amides is 1. The lowest BCUT2D eigenvalue weighted by Gasteiger charge is -2.16. The SMILES string of the molecule is C=CC(=O)N1CC=C(c2nc3c(C#N)c[nH]n3c(=O)c2C(C)C)C1. The highest BCUT2D eigenvalue weighted by atomic mass is 16.2. The first-order chi connectivity index (χ1) is 11.5. The molecule has 1 aliphatic rings. The fourth-order valence-corrected chi connectivity index (χ4v) is 2.90. The Morgan fingerprint density at radius 3 is 2.92 bits per heavy atom. The van der Waals surface area contributed by atoms with Crippen LogP contribution in [0.2, 0.25) is 0 Å². The highest BCUT2D eigenvalue weighted by Crippen LogP contribution is 2.26. The molecule has 0 atom stereocenters. The maximum atomic E-state index is 12.8. The molecule has 122 valence electrons. The molecule has 3 heterocycles. The molecule has 0 aromatic carbocycles. The highest BCUT2D eigenvalue weighted by molar-refractivity contribution is 5.90. The van der Waals surface area contributed by atoms with Crippen molar-refractivity contribution in [2.24, 2.45) is 0 Å². The molecule has 0 spiro atoms. The van der Waals surface area contributed by atoms with Crippen LogP contribution < -0.4 is 5.56 Å². The quantitative estimate of drug-likeness (QED) is 0.865. The zero-order chi connectivity index (χ0) is 17.4. The van der Waals surface area contributed by atoms with E-state index in [-0.39, 0.29) is 17.4 Å². The Morgan fingerprint density at radius 2 is 2.29 bits per heavy atom. The third-order valence-electron chi connectivity index (χ3n) is 4.10. The van der Waals surface area contributed by atoms with Gasteiger partial charge in [0.1, 0.15) is 11.6 Å². The van der Waals surface area contributed by atoms with Gasteiger partial charge in [0.2, 0.25) is 5.91 Å². The summed E-state index contributed by atoms with van der Waals surface area (Å²) in [6.45, 7) is 8.17. The Labute approximate surface area is 138 Å². The van der Waals surface area contributed by atoms with Crippen LogP contribution in [0.5, 0.6) is 0 Å². The number of aromatic nitrogens is 3. The van der Waals surface area contributed by atoms with Gasteiger partial charge >= 0.3 is 0 Å². The van der Waals surface area contributed by atoms with Crippen molar-refractivity contribution >= 4 is 17.1 Å². The highest BCUT2D eigenvalue weighted by Gasteiger charge is 2.25. The first kappa shape index (κ1) is 15.7. The van der Waals surface area contributed by atoms with Crippen LogP contribution in [0.25, 0.3) is 11.2 Å². The van der Waals surface area contributed by atoms with E-state index in [0.29, 0.717) is 35.6 Å². The topological polar surface area (TPSA) is 94.3 Å². The average molecular weight is 323 g/mol. The van der Waals surface area contributed by atoms with Crippen molar-refractivity contribution < 1.29 is 4.79 Å². The molecule has 3 rings (SSSR count).